The average Bonchev–Trinajstić information content (AvgIpc) is 2.46. The van der Waals surface area contributed by atoms with Gasteiger partial charge in [-0.3, -0.25) is 4.79 Å². The predicted octanol–water partition coefficient (Wildman–Crippen LogP) is 4.46. The van der Waals surface area contributed by atoms with Crippen LogP contribution in [0.4, 0.5) is 10.1 Å². The number of benzene rings is 2. The highest BCUT2D eigenvalue weighted by Crippen LogP contribution is 2.32. The summed E-state index contributed by atoms with van der Waals surface area (Å²) in [6.45, 7) is 1.99. The molecule has 0 spiro atoms. The van der Waals surface area contributed by atoms with Gasteiger partial charge in [0.05, 0.1) is 5.56 Å². The summed E-state index contributed by atoms with van der Waals surface area (Å²) in [6, 6.07) is 12.0. The van der Waals surface area contributed by atoms with Gasteiger partial charge in [0.15, 0.2) is 0 Å². The van der Waals surface area contributed by atoms with E-state index in [0.29, 0.717) is 0 Å². The molecule has 3 rings (SSSR count). The highest BCUT2D eigenvalue weighted by atomic mass is 35.5. The van der Waals surface area contributed by atoms with Crippen LogP contribution >= 0.6 is 11.6 Å². The van der Waals surface area contributed by atoms with Crippen LogP contribution in [0.5, 0.6) is 0 Å². The molecule has 1 heterocycles. The third kappa shape index (κ3) is 2.54. The Morgan fingerprint density at radius 1 is 1.29 bits per heavy atom. The number of para-hydroxylation sites is 1. The Morgan fingerprint density at radius 3 is 2.81 bits per heavy atom. The molecule has 0 radical (unpaired) electrons. The van der Waals surface area contributed by atoms with Crippen LogP contribution in [0, 0.1) is 5.82 Å². The van der Waals surface area contributed by atoms with Crippen molar-refractivity contribution in [1.82, 2.24) is 0 Å². The highest BCUT2D eigenvalue weighted by Gasteiger charge is 2.30. The molecule has 0 aromatic heterocycles. The van der Waals surface area contributed by atoms with Gasteiger partial charge in [-0.25, -0.2) is 4.39 Å². The molecule has 0 fully saturated rings. The van der Waals surface area contributed by atoms with E-state index in [4.69, 9.17) is 11.6 Å². The van der Waals surface area contributed by atoms with Crippen molar-refractivity contribution in [3.05, 3.63) is 64.4 Å². The van der Waals surface area contributed by atoms with Crippen molar-refractivity contribution in [2.24, 2.45) is 0 Å². The molecule has 1 unspecified atom stereocenters. The van der Waals surface area contributed by atoms with E-state index in [1.807, 2.05) is 31.2 Å². The zero-order chi connectivity index (χ0) is 15.0. The molecule has 2 aromatic carbocycles. The van der Waals surface area contributed by atoms with E-state index in [1.165, 1.54) is 12.1 Å². The third-order valence-corrected chi connectivity index (χ3v) is 4.14. The quantitative estimate of drug-likeness (QED) is 0.761. The van der Waals surface area contributed by atoms with Gasteiger partial charge < -0.3 is 4.90 Å². The van der Waals surface area contributed by atoms with Crippen molar-refractivity contribution < 1.29 is 9.18 Å². The highest BCUT2D eigenvalue weighted by molar-refractivity contribution is 6.30. The standard InChI is InChI=1S/C17H15ClFNO/c1-11-6-7-12-4-2-3-5-16(12)20(11)17(21)14-9-8-13(18)10-15(14)19/h2-5,8-11H,6-7H2,1H3. The Kier molecular flexibility index (Phi) is 3.68. The first kappa shape index (κ1) is 14.1. The number of hydrogen-bond donors (Lipinski definition) is 0. The van der Waals surface area contributed by atoms with Gasteiger partial charge in [-0.1, -0.05) is 29.8 Å². The Morgan fingerprint density at radius 2 is 2.05 bits per heavy atom. The van der Waals surface area contributed by atoms with Crippen LogP contribution in [0.3, 0.4) is 0 Å². The van der Waals surface area contributed by atoms with Crippen LogP contribution < -0.4 is 4.90 Å². The first-order valence-electron chi connectivity index (χ1n) is 6.94. The minimum atomic E-state index is -0.581. The number of carbonyl (C=O) groups excluding carboxylic acids is 1. The molecular weight excluding hydrogens is 289 g/mol. The molecule has 2 nitrogen and oxygen atoms in total. The van der Waals surface area contributed by atoms with Gasteiger partial charge in [-0.2, -0.15) is 0 Å². The van der Waals surface area contributed by atoms with Crippen LogP contribution in [-0.4, -0.2) is 11.9 Å². The molecule has 1 amide bonds. The predicted molar refractivity (Wildman–Crippen MR) is 82.4 cm³/mol. The molecule has 0 bridgehead atoms. The molecule has 1 aliphatic heterocycles. The summed E-state index contributed by atoms with van der Waals surface area (Å²) < 4.78 is 14.0. The zero-order valence-electron chi connectivity index (χ0n) is 11.6. The van der Waals surface area contributed by atoms with Crippen molar-refractivity contribution in [1.29, 1.82) is 0 Å². The van der Waals surface area contributed by atoms with Gasteiger partial charge in [-0.15, -0.1) is 0 Å². The summed E-state index contributed by atoms with van der Waals surface area (Å²) in [6.07, 6.45) is 1.81. The van der Waals surface area contributed by atoms with E-state index in [1.54, 1.807) is 11.0 Å². The molecule has 0 saturated heterocycles. The minimum absolute atomic E-state index is 0.0440. The normalized spacial score (nSPS) is 17.5. The fourth-order valence-corrected chi connectivity index (χ4v) is 2.95. The van der Waals surface area contributed by atoms with Crippen LogP contribution in [-0.2, 0) is 6.42 Å². The van der Waals surface area contributed by atoms with Crippen LogP contribution in [0.15, 0.2) is 42.5 Å². The summed E-state index contributed by atoms with van der Waals surface area (Å²) in [7, 11) is 0. The first-order chi connectivity index (χ1) is 10.1. The lowest BCUT2D eigenvalue weighted by Gasteiger charge is -2.35. The van der Waals surface area contributed by atoms with E-state index in [-0.39, 0.29) is 22.5 Å². The van der Waals surface area contributed by atoms with E-state index >= 15 is 0 Å². The smallest absolute Gasteiger partial charge is 0.261 e. The second-order valence-electron chi connectivity index (χ2n) is 5.32. The Hall–Kier alpha value is -1.87. The fraction of sp³-hybridized carbons (Fsp3) is 0.235. The molecule has 0 N–H and O–H groups in total. The Bertz CT molecular complexity index is 701. The SMILES string of the molecule is CC1CCc2ccccc2N1C(=O)c1ccc(Cl)cc1F. The molecule has 1 atom stereocenters. The number of anilines is 1. The molecule has 2 aromatic rings. The lowest BCUT2D eigenvalue weighted by molar-refractivity contribution is 0.0971. The van der Waals surface area contributed by atoms with Crippen LogP contribution in [0.1, 0.15) is 29.3 Å². The van der Waals surface area contributed by atoms with Crippen molar-refractivity contribution in [3.8, 4) is 0 Å². The third-order valence-electron chi connectivity index (χ3n) is 3.90. The summed E-state index contributed by atoms with van der Waals surface area (Å²) in [5.41, 5.74) is 2.05. The summed E-state index contributed by atoms with van der Waals surface area (Å²) >= 11 is 5.75. The lowest BCUT2D eigenvalue weighted by Crippen LogP contribution is -2.42. The summed E-state index contributed by atoms with van der Waals surface area (Å²) in [5.74, 6) is -0.897. The largest absolute Gasteiger partial charge is 0.305 e. The molecule has 108 valence electrons. The van der Waals surface area contributed by atoms with Gasteiger partial charge in [0.1, 0.15) is 5.82 Å². The number of amides is 1. The minimum Gasteiger partial charge on any atom is -0.305 e. The maximum absolute atomic E-state index is 14.0. The van der Waals surface area contributed by atoms with Crippen molar-refractivity contribution in [2.45, 2.75) is 25.8 Å². The number of nitrogens with zero attached hydrogens (tertiary/aromatic N) is 1. The average molecular weight is 304 g/mol. The van der Waals surface area contributed by atoms with Gasteiger partial charge >= 0.3 is 0 Å². The Balaban J connectivity index is 2.05. The molecule has 4 heteroatoms. The molecular formula is C17H15ClFNO. The summed E-state index contributed by atoms with van der Waals surface area (Å²) in [4.78, 5) is 14.4. The zero-order valence-corrected chi connectivity index (χ0v) is 12.4. The van der Waals surface area contributed by atoms with Gasteiger partial charge in [0.2, 0.25) is 0 Å². The number of fused-ring (bicyclic) bond motifs is 1. The van der Waals surface area contributed by atoms with Gasteiger partial charge in [-0.05, 0) is 49.6 Å². The monoisotopic (exact) mass is 303 g/mol. The number of halogens is 2. The molecule has 0 saturated carbocycles. The maximum Gasteiger partial charge on any atom is 0.261 e. The van der Waals surface area contributed by atoms with Crippen LogP contribution in [0.25, 0.3) is 0 Å². The van der Waals surface area contributed by atoms with Gasteiger partial charge in [0, 0.05) is 16.8 Å². The summed E-state index contributed by atoms with van der Waals surface area (Å²) in [5, 5.41) is 0.288. The van der Waals surface area contributed by atoms with E-state index in [9.17, 15) is 9.18 Å². The van der Waals surface area contributed by atoms with Crippen LogP contribution in [0.2, 0.25) is 5.02 Å². The number of hydrogen-bond acceptors (Lipinski definition) is 1. The maximum atomic E-state index is 14.0. The first-order valence-corrected chi connectivity index (χ1v) is 7.32. The molecule has 1 aliphatic rings. The second kappa shape index (κ2) is 5.49. The van der Waals surface area contributed by atoms with E-state index in [2.05, 4.69) is 0 Å². The van der Waals surface area contributed by atoms with Crippen molar-refractivity contribution in [3.63, 3.8) is 0 Å². The van der Waals surface area contributed by atoms with Gasteiger partial charge in [0.25, 0.3) is 5.91 Å². The topological polar surface area (TPSA) is 20.3 Å². The molecule has 0 aliphatic carbocycles. The second-order valence-corrected chi connectivity index (χ2v) is 5.75. The van der Waals surface area contributed by atoms with E-state index < -0.39 is 5.82 Å². The molecule has 21 heavy (non-hydrogen) atoms. The van der Waals surface area contributed by atoms with Crippen molar-refractivity contribution in [2.75, 3.05) is 4.90 Å². The Labute approximate surface area is 128 Å². The van der Waals surface area contributed by atoms with E-state index in [0.717, 1.165) is 24.1 Å². The lowest BCUT2D eigenvalue weighted by atomic mass is 9.95. The fourth-order valence-electron chi connectivity index (χ4n) is 2.79. The number of aryl methyl sites for hydroxylation is 1. The number of carbonyl (C=O) groups is 1. The van der Waals surface area contributed by atoms with Crippen molar-refractivity contribution >= 4 is 23.2 Å². The number of rotatable bonds is 1.